The number of ether oxygens (including phenoxy) is 2. The molecule has 1 aliphatic rings. The van der Waals surface area contributed by atoms with Gasteiger partial charge in [-0.15, -0.1) is 0 Å². The predicted octanol–water partition coefficient (Wildman–Crippen LogP) is 13.0. The summed E-state index contributed by atoms with van der Waals surface area (Å²) in [5.41, 5.74) is 8.99. The van der Waals surface area contributed by atoms with E-state index in [9.17, 15) is 0 Å². The molecule has 0 unspecified atom stereocenters. The lowest BCUT2D eigenvalue weighted by atomic mass is 9.99. The molecule has 9 aromatic rings. The molecule has 0 aliphatic carbocycles. The molecular formula is C50H33N3O2. The van der Waals surface area contributed by atoms with Crippen LogP contribution in [0.2, 0.25) is 0 Å². The Labute approximate surface area is 318 Å². The summed E-state index contributed by atoms with van der Waals surface area (Å²) in [6, 6.07) is 61.7. The van der Waals surface area contributed by atoms with Crippen molar-refractivity contribution in [1.82, 2.24) is 4.57 Å². The smallest absolute Gasteiger partial charge is 0.194 e. The molecule has 0 radical (unpaired) electrons. The van der Waals surface area contributed by atoms with Crippen LogP contribution >= 0.6 is 0 Å². The summed E-state index contributed by atoms with van der Waals surface area (Å²) < 4.78 is 15.5. The van der Waals surface area contributed by atoms with Crippen molar-refractivity contribution in [2.75, 3.05) is 0 Å². The molecule has 8 aromatic carbocycles. The lowest BCUT2D eigenvalue weighted by Gasteiger charge is -2.23. The minimum Gasteiger partial charge on any atom is -0.449 e. The molecule has 1 aromatic heterocycles. The van der Waals surface area contributed by atoms with Crippen LogP contribution in [0.5, 0.6) is 23.0 Å². The second-order valence-corrected chi connectivity index (χ2v) is 13.6. The van der Waals surface area contributed by atoms with Crippen LogP contribution in [0.3, 0.4) is 0 Å². The first-order chi connectivity index (χ1) is 27.2. The minimum absolute atomic E-state index is 0.384. The first kappa shape index (κ1) is 32.2. The molecular weight excluding hydrogens is 675 g/mol. The highest BCUT2D eigenvalue weighted by Gasteiger charge is 2.26. The Bertz CT molecular complexity index is 2980. The van der Waals surface area contributed by atoms with Gasteiger partial charge in [-0.05, 0) is 82.1 Å². The monoisotopic (exact) mass is 707 g/mol. The summed E-state index contributed by atoms with van der Waals surface area (Å²) in [4.78, 5) is 4.81. The van der Waals surface area contributed by atoms with E-state index in [-0.39, 0.29) is 0 Å². The number of nitrogens with zero attached hydrogens (tertiary/aromatic N) is 2. The molecule has 0 saturated heterocycles. The van der Waals surface area contributed by atoms with Crippen molar-refractivity contribution >= 4 is 50.2 Å². The molecule has 5 heteroatoms. The second kappa shape index (κ2) is 13.5. The highest BCUT2D eigenvalue weighted by Crippen LogP contribution is 2.51. The van der Waals surface area contributed by atoms with Crippen molar-refractivity contribution < 1.29 is 9.47 Å². The number of aliphatic imine (C=N–C) groups is 1. The van der Waals surface area contributed by atoms with Crippen molar-refractivity contribution in [2.45, 2.75) is 0 Å². The topological polar surface area (TPSA) is 59.6 Å². The average Bonchev–Trinajstić information content (AvgIpc) is 3.59. The zero-order chi connectivity index (χ0) is 36.7. The normalized spacial score (nSPS) is 12.4. The van der Waals surface area contributed by atoms with Gasteiger partial charge in [-0.1, -0.05) is 133 Å². The summed E-state index contributed by atoms with van der Waals surface area (Å²) >= 11 is 0. The molecule has 5 nitrogen and oxygen atoms in total. The first-order valence-electron chi connectivity index (χ1n) is 18.3. The molecule has 10 rings (SSSR count). The van der Waals surface area contributed by atoms with E-state index < -0.39 is 0 Å². The van der Waals surface area contributed by atoms with Crippen LogP contribution in [0.15, 0.2) is 193 Å². The van der Waals surface area contributed by atoms with Gasteiger partial charge in [0.15, 0.2) is 23.0 Å². The molecule has 0 bridgehead atoms. The lowest BCUT2D eigenvalue weighted by Crippen LogP contribution is -2.02. The van der Waals surface area contributed by atoms with E-state index in [1.54, 1.807) is 0 Å². The van der Waals surface area contributed by atoms with E-state index >= 15 is 0 Å². The fourth-order valence-corrected chi connectivity index (χ4v) is 7.42. The van der Waals surface area contributed by atoms with Gasteiger partial charge in [0, 0.05) is 33.8 Å². The molecule has 0 saturated carbocycles. The standard InChI is InChI=1S/C50H33N3O2/c51-43(31-44(35-14-5-2-6-15-35)52-32-33-12-3-1-4-13-33)39-19-11-18-36(28-39)34-22-24-40(25-23-34)53-45-21-10-9-20-41(45)42-26-27-46-50(49(42)53)55-48-30-38-17-8-7-16-37(38)29-47(48)54-46/h1-32,51H/b44-31-,51-43?,52-32?. The zero-order valence-electron chi connectivity index (χ0n) is 29.7. The van der Waals surface area contributed by atoms with Crippen LogP contribution in [0.4, 0.5) is 0 Å². The fourth-order valence-electron chi connectivity index (χ4n) is 7.42. The minimum atomic E-state index is 0.384. The van der Waals surface area contributed by atoms with E-state index in [0.29, 0.717) is 28.7 Å². The Kier molecular flexibility index (Phi) is 7.89. The average molecular weight is 708 g/mol. The third-order valence-electron chi connectivity index (χ3n) is 10.1. The van der Waals surface area contributed by atoms with Crippen LogP contribution in [-0.4, -0.2) is 16.5 Å². The molecule has 55 heavy (non-hydrogen) atoms. The molecule has 1 aliphatic heterocycles. The van der Waals surface area contributed by atoms with Gasteiger partial charge < -0.3 is 19.5 Å². The van der Waals surface area contributed by atoms with Crippen molar-refractivity contribution in [3.63, 3.8) is 0 Å². The number of fused-ring (bicyclic) bond motifs is 7. The highest BCUT2D eigenvalue weighted by atomic mass is 16.6. The maximum Gasteiger partial charge on any atom is 0.194 e. The van der Waals surface area contributed by atoms with Gasteiger partial charge in [-0.3, -0.25) is 4.99 Å². The molecule has 1 N–H and O–H groups in total. The van der Waals surface area contributed by atoms with Gasteiger partial charge in [0.2, 0.25) is 0 Å². The maximum absolute atomic E-state index is 9.12. The quantitative estimate of drug-likeness (QED) is 0.168. The Morgan fingerprint density at radius 2 is 1.20 bits per heavy atom. The van der Waals surface area contributed by atoms with E-state index in [1.807, 2.05) is 109 Å². The van der Waals surface area contributed by atoms with Gasteiger partial charge >= 0.3 is 0 Å². The van der Waals surface area contributed by atoms with Crippen molar-refractivity contribution in [3.05, 3.63) is 205 Å². The Balaban J connectivity index is 1.01. The molecule has 0 fully saturated rings. The number of allylic oxidation sites excluding steroid dienone is 1. The van der Waals surface area contributed by atoms with Gasteiger partial charge in [0.05, 0.1) is 16.9 Å². The Morgan fingerprint density at radius 3 is 1.98 bits per heavy atom. The Hall–Kier alpha value is -7.50. The van der Waals surface area contributed by atoms with Crippen LogP contribution in [0.1, 0.15) is 16.7 Å². The molecule has 2 heterocycles. The van der Waals surface area contributed by atoms with E-state index in [0.717, 1.165) is 71.8 Å². The van der Waals surface area contributed by atoms with Gasteiger partial charge in [-0.2, -0.15) is 0 Å². The predicted molar refractivity (Wildman–Crippen MR) is 226 cm³/mol. The lowest BCUT2D eigenvalue weighted by molar-refractivity contribution is 0.363. The molecule has 0 amide bonds. The summed E-state index contributed by atoms with van der Waals surface area (Å²) in [6.45, 7) is 0. The summed E-state index contributed by atoms with van der Waals surface area (Å²) in [5.74, 6) is 2.79. The van der Waals surface area contributed by atoms with Crippen molar-refractivity contribution in [1.29, 1.82) is 5.41 Å². The van der Waals surface area contributed by atoms with Crippen molar-refractivity contribution in [2.24, 2.45) is 4.99 Å². The molecule has 0 atom stereocenters. The number of hydrogen-bond acceptors (Lipinski definition) is 4. The number of nitrogens with one attached hydrogen (secondary N) is 1. The highest BCUT2D eigenvalue weighted by molar-refractivity contribution is 6.13. The third-order valence-corrected chi connectivity index (χ3v) is 10.1. The summed E-state index contributed by atoms with van der Waals surface area (Å²) in [5, 5.41) is 13.6. The number of rotatable bonds is 7. The number of aromatic nitrogens is 1. The number of para-hydroxylation sites is 1. The van der Waals surface area contributed by atoms with Crippen molar-refractivity contribution in [3.8, 4) is 39.8 Å². The van der Waals surface area contributed by atoms with Crippen LogP contribution in [0, 0.1) is 5.41 Å². The zero-order valence-corrected chi connectivity index (χ0v) is 29.7. The van der Waals surface area contributed by atoms with E-state index in [1.165, 1.54) is 0 Å². The van der Waals surface area contributed by atoms with Gasteiger partial charge in [-0.25, -0.2) is 0 Å². The maximum atomic E-state index is 9.12. The van der Waals surface area contributed by atoms with Crippen LogP contribution in [-0.2, 0) is 0 Å². The number of hydrogen-bond donors (Lipinski definition) is 1. The van der Waals surface area contributed by atoms with Crippen LogP contribution in [0.25, 0.3) is 55.1 Å². The summed E-state index contributed by atoms with van der Waals surface area (Å²) in [7, 11) is 0. The second-order valence-electron chi connectivity index (χ2n) is 13.6. The number of benzene rings is 8. The largest absolute Gasteiger partial charge is 0.449 e. The SMILES string of the molecule is N=C(/C=C(\N=Cc1ccccc1)c1ccccc1)c1cccc(-c2ccc(-n3c4ccccc4c4ccc5c(c43)Oc3cc4ccccc4cc3O5)cc2)c1. The van der Waals surface area contributed by atoms with Gasteiger partial charge in [0.25, 0.3) is 0 Å². The molecule has 0 spiro atoms. The van der Waals surface area contributed by atoms with E-state index in [2.05, 4.69) is 89.5 Å². The molecule has 260 valence electrons. The summed E-state index contributed by atoms with van der Waals surface area (Å²) in [6.07, 6.45) is 3.68. The van der Waals surface area contributed by atoms with Crippen LogP contribution < -0.4 is 9.47 Å². The Morgan fingerprint density at radius 1 is 0.527 bits per heavy atom. The first-order valence-corrected chi connectivity index (χ1v) is 18.3. The fraction of sp³-hybridized carbons (Fsp3) is 0. The van der Waals surface area contributed by atoms with E-state index in [4.69, 9.17) is 19.9 Å². The van der Waals surface area contributed by atoms with Gasteiger partial charge in [0.1, 0.15) is 5.52 Å². The third kappa shape index (κ3) is 5.94.